The second-order valence-corrected chi connectivity index (χ2v) is 4.93. The van der Waals surface area contributed by atoms with Crippen LogP contribution in [0.3, 0.4) is 0 Å². The van der Waals surface area contributed by atoms with Crippen LogP contribution in [0.5, 0.6) is 0 Å². The van der Waals surface area contributed by atoms with Crippen LogP contribution < -0.4 is 0 Å². The number of amides is 4. The lowest BCUT2D eigenvalue weighted by Gasteiger charge is -2.37. The molecular weight excluding hydrogens is 272 g/mol. The van der Waals surface area contributed by atoms with E-state index in [1.54, 1.807) is 0 Å². The molecule has 0 aromatic heterocycles. The average Bonchev–Trinajstić information content (AvgIpc) is 2.43. The molecule has 1 saturated heterocycles. The van der Waals surface area contributed by atoms with E-state index in [1.807, 2.05) is 30.3 Å². The molecule has 0 N–H and O–H groups in total. The first-order valence-electron chi connectivity index (χ1n) is 6.60. The van der Waals surface area contributed by atoms with Gasteiger partial charge in [0, 0.05) is 20.3 Å². The van der Waals surface area contributed by atoms with Crippen LogP contribution in [0.4, 0.5) is 0 Å². The summed E-state index contributed by atoms with van der Waals surface area (Å²) in [7, 11) is 0. The number of carbonyl (C=O) groups is 4. The predicted octanol–water partition coefficient (Wildman–Crippen LogP) is 0.361. The molecule has 1 fully saturated rings. The zero-order valence-electron chi connectivity index (χ0n) is 11.9. The minimum absolute atomic E-state index is 0.203. The van der Waals surface area contributed by atoms with Crippen molar-refractivity contribution in [3.8, 4) is 0 Å². The molecule has 1 aromatic carbocycles. The normalized spacial score (nSPS) is 18.9. The van der Waals surface area contributed by atoms with Gasteiger partial charge >= 0.3 is 0 Å². The first-order chi connectivity index (χ1) is 9.91. The molecule has 1 aliphatic rings. The molecule has 110 valence electrons. The Labute approximate surface area is 122 Å². The van der Waals surface area contributed by atoms with Gasteiger partial charge in [-0.2, -0.15) is 0 Å². The van der Waals surface area contributed by atoms with Gasteiger partial charge in [0.15, 0.2) is 0 Å². The van der Waals surface area contributed by atoms with Crippen molar-refractivity contribution in [2.24, 2.45) is 0 Å². The molecule has 1 aliphatic heterocycles. The largest absolute Gasteiger partial charge is 0.275 e. The van der Waals surface area contributed by atoms with E-state index in [0.29, 0.717) is 0 Å². The van der Waals surface area contributed by atoms with Gasteiger partial charge < -0.3 is 0 Å². The number of nitrogens with zero attached hydrogens (tertiary/aromatic N) is 2. The number of hydrogen-bond donors (Lipinski definition) is 0. The minimum atomic E-state index is -0.963. The maximum absolute atomic E-state index is 12.4. The third kappa shape index (κ3) is 2.99. The van der Waals surface area contributed by atoms with Crippen LogP contribution in [0.25, 0.3) is 0 Å². The van der Waals surface area contributed by atoms with Crippen LogP contribution in [0.1, 0.15) is 19.4 Å². The zero-order chi connectivity index (χ0) is 15.6. The van der Waals surface area contributed by atoms with Crippen molar-refractivity contribution in [1.82, 2.24) is 9.80 Å². The molecule has 0 bridgehead atoms. The van der Waals surface area contributed by atoms with Crippen molar-refractivity contribution >= 4 is 23.6 Å². The molecule has 6 nitrogen and oxygen atoms in total. The van der Waals surface area contributed by atoms with Crippen LogP contribution >= 0.6 is 0 Å². The summed E-state index contributed by atoms with van der Waals surface area (Å²) in [6, 6.07) is 8.11. The highest BCUT2D eigenvalue weighted by Crippen LogP contribution is 2.18. The standard InChI is InChI=1S/C15H16N2O4/c1-10(18)16-9-14(20)17(11(2)19)13(15(16)21)8-12-6-4-3-5-7-12/h3-7,13H,8-9H2,1-2H3/t13-/m0/s1. The van der Waals surface area contributed by atoms with Gasteiger partial charge in [-0.3, -0.25) is 29.0 Å². The van der Waals surface area contributed by atoms with Gasteiger partial charge in [-0.15, -0.1) is 0 Å². The second-order valence-electron chi connectivity index (χ2n) is 4.93. The Kier molecular flexibility index (Phi) is 4.16. The monoisotopic (exact) mass is 288 g/mol. The van der Waals surface area contributed by atoms with Gasteiger partial charge in [0.2, 0.25) is 17.7 Å². The van der Waals surface area contributed by atoms with Crippen molar-refractivity contribution in [1.29, 1.82) is 0 Å². The Bertz CT molecular complexity index is 597. The van der Waals surface area contributed by atoms with E-state index in [-0.39, 0.29) is 13.0 Å². The third-order valence-electron chi connectivity index (χ3n) is 3.42. The number of piperazine rings is 1. The zero-order valence-corrected chi connectivity index (χ0v) is 11.9. The highest BCUT2D eigenvalue weighted by Gasteiger charge is 2.42. The summed E-state index contributed by atoms with van der Waals surface area (Å²) in [6.45, 7) is 2.10. The Morgan fingerprint density at radius 3 is 2.24 bits per heavy atom. The topological polar surface area (TPSA) is 74.8 Å². The van der Waals surface area contributed by atoms with E-state index in [2.05, 4.69) is 0 Å². The molecule has 4 amide bonds. The Morgan fingerprint density at radius 1 is 1.10 bits per heavy atom. The lowest BCUT2D eigenvalue weighted by molar-refractivity contribution is -0.166. The first kappa shape index (κ1) is 14.9. The van der Waals surface area contributed by atoms with Crippen molar-refractivity contribution in [2.75, 3.05) is 6.54 Å². The van der Waals surface area contributed by atoms with Gasteiger partial charge in [-0.1, -0.05) is 30.3 Å². The molecule has 21 heavy (non-hydrogen) atoms. The summed E-state index contributed by atoms with van der Waals surface area (Å²) in [5, 5.41) is 0. The van der Waals surface area contributed by atoms with Crippen molar-refractivity contribution < 1.29 is 19.2 Å². The highest BCUT2D eigenvalue weighted by molar-refractivity contribution is 6.09. The van der Waals surface area contributed by atoms with E-state index >= 15 is 0 Å². The van der Waals surface area contributed by atoms with E-state index < -0.39 is 29.7 Å². The van der Waals surface area contributed by atoms with E-state index in [4.69, 9.17) is 0 Å². The molecule has 1 atom stereocenters. The predicted molar refractivity (Wildman–Crippen MR) is 73.9 cm³/mol. The van der Waals surface area contributed by atoms with Gasteiger partial charge in [-0.05, 0) is 5.56 Å². The summed E-state index contributed by atoms with van der Waals surface area (Å²) in [4.78, 5) is 49.5. The van der Waals surface area contributed by atoms with Crippen molar-refractivity contribution in [3.05, 3.63) is 35.9 Å². The summed E-state index contributed by atoms with van der Waals surface area (Å²) in [5.74, 6) is -2.02. The fourth-order valence-corrected chi connectivity index (χ4v) is 2.43. The summed E-state index contributed by atoms with van der Waals surface area (Å²) in [6.07, 6.45) is 0.203. The summed E-state index contributed by atoms with van der Waals surface area (Å²) in [5.41, 5.74) is 0.820. The van der Waals surface area contributed by atoms with E-state index in [0.717, 1.165) is 15.4 Å². The molecule has 1 aromatic rings. The highest BCUT2D eigenvalue weighted by atomic mass is 16.2. The number of carbonyl (C=O) groups excluding carboxylic acids is 4. The average molecular weight is 288 g/mol. The maximum atomic E-state index is 12.4. The molecule has 6 heteroatoms. The Balaban J connectivity index is 2.34. The van der Waals surface area contributed by atoms with Crippen molar-refractivity contribution in [3.63, 3.8) is 0 Å². The van der Waals surface area contributed by atoms with Crippen LogP contribution in [-0.4, -0.2) is 46.0 Å². The molecule has 0 unspecified atom stereocenters. The Hall–Kier alpha value is -2.50. The minimum Gasteiger partial charge on any atom is -0.275 e. The fraction of sp³-hybridized carbons (Fsp3) is 0.333. The lowest BCUT2D eigenvalue weighted by Crippen LogP contribution is -2.62. The fourth-order valence-electron chi connectivity index (χ4n) is 2.43. The number of rotatable bonds is 2. The molecule has 1 heterocycles. The van der Waals surface area contributed by atoms with Gasteiger partial charge in [0.25, 0.3) is 5.91 Å². The number of benzene rings is 1. The van der Waals surface area contributed by atoms with Crippen LogP contribution in [0.2, 0.25) is 0 Å². The van der Waals surface area contributed by atoms with Gasteiger partial charge in [-0.25, -0.2) is 0 Å². The third-order valence-corrected chi connectivity index (χ3v) is 3.42. The maximum Gasteiger partial charge on any atom is 0.253 e. The van der Waals surface area contributed by atoms with Gasteiger partial charge in [0.05, 0.1) is 0 Å². The molecule has 0 radical (unpaired) electrons. The molecule has 0 saturated carbocycles. The van der Waals surface area contributed by atoms with Crippen LogP contribution in [0, 0.1) is 0 Å². The number of hydrogen-bond acceptors (Lipinski definition) is 4. The van der Waals surface area contributed by atoms with Gasteiger partial charge in [0.1, 0.15) is 12.6 Å². The SMILES string of the molecule is CC(=O)N1CC(=O)N(C(C)=O)[C@@H](Cc2ccccc2)C1=O. The van der Waals surface area contributed by atoms with E-state index in [1.165, 1.54) is 13.8 Å². The summed E-state index contributed by atoms with van der Waals surface area (Å²) >= 11 is 0. The lowest BCUT2D eigenvalue weighted by atomic mass is 10.0. The second kappa shape index (κ2) is 5.87. The molecule has 2 rings (SSSR count). The number of imide groups is 2. The molecule has 0 spiro atoms. The van der Waals surface area contributed by atoms with Crippen molar-refractivity contribution in [2.45, 2.75) is 26.3 Å². The first-order valence-corrected chi connectivity index (χ1v) is 6.60. The van der Waals surface area contributed by atoms with E-state index in [9.17, 15) is 19.2 Å². The molecular formula is C15H16N2O4. The van der Waals surface area contributed by atoms with Crippen LogP contribution in [-0.2, 0) is 25.6 Å². The summed E-state index contributed by atoms with van der Waals surface area (Å²) < 4.78 is 0. The quantitative estimate of drug-likeness (QED) is 0.787. The van der Waals surface area contributed by atoms with Crippen LogP contribution in [0.15, 0.2) is 30.3 Å². The molecule has 0 aliphatic carbocycles. The Morgan fingerprint density at radius 2 is 1.71 bits per heavy atom. The smallest absolute Gasteiger partial charge is 0.253 e.